The topological polar surface area (TPSA) is 86.0 Å². The lowest BCUT2D eigenvalue weighted by atomic mass is 10.2. The van der Waals surface area contributed by atoms with E-state index in [0.29, 0.717) is 17.1 Å². The summed E-state index contributed by atoms with van der Waals surface area (Å²) in [4.78, 5) is 13.1. The number of aromatic nitrogens is 3. The highest BCUT2D eigenvalue weighted by molar-refractivity contribution is 7.90. The maximum atomic E-state index is 13.3. The number of carbonyl (C=O) groups is 1. The van der Waals surface area contributed by atoms with Gasteiger partial charge in [-0.15, -0.1) is 0 Å². The first-order valence-electron chi connectivity index (χ1n) is 9.37. The molecule has 7 nitrogen and oxygen atoms in total. The zero-order valence-electron chi connectivity index (χ0n) is 16.6. The highest BCUT2D eigenvalue weighted by Gasteiger charge is 2.20. The minimum Gasteiger partial charge on any atom is -0.348 e. The van der Waals surface area contributed by atoms with E-state index in [4.69, 9.17) is 0 Å². The molecule has 0 saturated carbocycles. The lowest BCUT2D eigenvalue weighted by Gasteiger charge is -2.11. The molecule has 1 amide bonds. The fourth-order valence-electron chi connectivity index (χ4n) is 3.13. The summed E-state index contributed by atoms with van der Waals surface area (Å²) in [5.41, 5.74) is 1.71. The average Bonchev–Trinajstić information content (AvgIpc) is 3.42. The maximum absolute atomic E-state index is 13.3. The molecule has 0 spiro atoms. The van der Waals surface area contributed by atoms with Crippen molar-refractivity contribution in [2.45, 2.75) is 11.4 Å². The molecule has 4 aromatic rings. The lowest BCUT2D eigenvalue weighted by Crippen LogP contribution is -2.24. The third kappa shape index (κ3) is 4.41. The van der Waals surface area contributed by atoms with Crippen molar-refractivity contribution in [3.8, 4) is 11.5 Å². The van der Waals surface area contributed by atoms with Crippen LogP contribution in [0.5, 0.6) is 0 Å². The van der Waals surface area contributed by atoms with Gasteiger partial charge in [-0.25, -0.2) is 17.5 Å². The number of rotatable bonds is 6. The van der Waals surface area contributed by atoms with Crippen LogP contribution in [0.15, 0.2) is 84.1 Å². The Morgan fingerprint density at radius 1 is 1.03 bits per heavy atom. The summed E-state index contributed by atoms with van der Waals surface area (Å²) in [6.45, 7) is 0.218. The Balaban J connectivity index is 1.60. The van der Waals surface area contributed by atoms with Crippen molar-refractivity contribution >= 4 is 15.7 Å². The van der Waals surface area contributed by atoms with E-state index in [2.05, 4.69) is 10.4 Å². The fourth-order valence-corrected chi connectivity index (χ4v) is 3.76. The van der Waals surface area contributed by atoms with Crippen LogP contribution in [-0.4, -0.2) is 34.9 Å². The van der Waals surface area contributed by atoms with Gasteiger partial charge >= 0.3 is 0 Å². The number of nitrogens with one attached hydrogen (secondary N) is 1. The first-order chi connectivity index (χ1) is 14.8. The van der Waals surface area contributed by atoms with Crippen molar-refractivity contribution in [2.75, 3.05) is 6.26 Å². The first kappa shape index (κ1) is 20.5. The molecule has 1 N–H and O–H groups in total. The number of amides is 1. The van der Waals surface area contributed by atoms with E-state index in [1.165, 1.54) is 30.5 Å². The molecule has 158 valence electrons. The number of nitrogens with zero attached hydrogens (tertiary/aromatic N) is 3. The molecule has 0 fully saturated rings. The number of hydrogen-bond donors (Lipinski definition) is 1. The molecule has 2 aromatic carbocycles. The van der Waals surface area contributed by atoms with Gasteiger partial charge in [0.2, 0.25) is 0 Å². The predicted octanol–water partition coefficient (Wildman–Crippen LogP) is 3.14. The van der Waals surface area contributed by atoms with Crippen LogP contribution in [0.2, 0.25) is 0 Å². The third-order valence-corrected chi connectivity index (χ3v) is 5.84. The van der Waals surface area contributed by atoms with Gasteiger partial charge < -0.3 is 9.88 Å². The summed E-state index contributed by atoms with van der Waals surface area (Å²) >= 11 is 0. The monoisotopic (exact) mass is 438 g/mol. The molecule has 0 radical (unpaired) electrons. The van der Waals surface area contributed by atoms with Crippen LogP contribution >= 0.6 is 0 Å². The molecule has 0 saturated heterocycles. The van der Waals surface area contributed by atoms with Crippen molar-refractivity contribution in [1.29, 1.82) is 0 Å². The smallest absolute Gasteiger partial charge is 0.256 e. The van der Waals surface area contributed by atoms with E-state index in [0.717, 1.165) is 11.8 Å². The zero-order chi connectivity index (χ0) is 22.0. The second-order valence-electron chi connectivity index (χ2n) is 6.96. The molecule has 0 aliphatic carbocycles. The summed E-state index contributed by atoms with van der Waals surface area (Å²) < 4.78 is 39.8. The van der Waals surface area contributed by atoms with Crippen molar-refractivity contribution in [2.24, 2.45) is 0 Å². The van der Waals surface area contributed by atoms with E-state index in [1.807, 2.05) is 12.1 Å². The molecule has 2 aromatic heterocycles. The van der Waals surface area contributed by atoms with E-state index in [9.17, 15) is 17.6 Å². The molecule has 0 aliphatic rings. The summed E-state index contributed by atoms with van der Waals surface area (Å²) in [5, 5.41) is 7.17. The largest absolute Gasteiger partial charge is 0.348 e. The van der Waals surface area contributed by atoms with Crippen LogP contribution < -0.4 is 5.32 Å². The first-order valence-corrected chi connectivity index (χ1v) is 11.3. The predicted molar refractivity (Wildman–Crippen MR) is 114 cm³/mol. The molecular formula is C22H19FN4O3S. The van der Waals surface area contributed by atoms with Crippen molar-refractivity contribution in [1.82, 2.24) is 19.7 Å². The van der Waals surface area contributed by atoms with Gasteiger partial charge in [0, 0.05) is 25.2 Å². The highest BCUT2D eigenvalue weighted by Crippen LogP contribution is 2.20. The van der Waals surface area contributed by atoms with Crippen molar-refractivity contribution in [3.05, 3.63) is 96.2 Å². The summed E-state index contributed by atoms with van der Waals surface area (Å²) in [7, 11) is -3.28. The number of sulfone groups is 1. The van der Waals surface area contributed by atoms with Gasteiger partial charge in [0.05, 0.1) is 16.8 Å². The molecule has 0 aliphatic heterocycles. The molecule has 0 unspecified atom stereocenters. The summed E-state index contributed by atoms with van der Waals surface area (Å²) in [6, 6.07) is 15.8. The number of benzene rings is 2. The fraction of sp³-hybridized carbons (Fsp3) is 0.0909. The van der Waals surface area contributed by atoms with Gasteiger partial charge in [-0.2, -0.15) is 5.10 Å². The molecule has 2 heterocycles. The Kier molecular flexibility index (Phi) is 5.43. The van der Waals surface area contributed by atoms with Crippen LogP contribution in [0.3, 0.4) is 0 Å². The van der Waals surface area contributed by atoms with Crippen LogP contribution in [0.1, 0.15) is 15.9 Å². The van der Waals surface area contributed by atoms with Crippen LogP contribution in [-0.2, 0) is 16.4 Å². The van der Waals surface area contributed by atoms with Gasteiger partial charge in [-0.3, -0.25) is 4.79 Å². The second kappa shape index (κ2) is 8.19. The van der Waals surface area contributed by atoms with Gasteiger partial charge in [0.1, 0.15) is 11.4 Å². The Hall–Kier alpha value is -3.72. The van der Waals surface area contributed by atoms with E-state index < -0.39 is 9.84 Å². The standard InChI is InChI=1S/C22H19FN4O3S/c1-31(29,30)19-10-4-16(5-11-19)14-24-21(28)20-15-25-27(18-8-6-17(23)7-9-18)22(20)26-12-2-3-13-26/h2-13,15H,14H2,1H3,(H,24,28). The minimum atomic E-state index is -3.28. The maximum Gasteiger partial charge on any atom is 0.256 e. The lowest BCUT2D eigenvalue weighted by molar-refractivity contribution is 0.0951. The highest BCUT2D eigenvalue weighted by atomic mass is 32.2. The van der Waals surface area contributed by atoms with Gasteiger partial charge in [0.25, 0.3) is 5.91 Å². The van der Waals surface area contributed by atoms with E-state index >= 15 is 0 Å². The number of hydrogen-bond acceptors (Lipinski definition) is 4. The zero-order valence-corrected chi connectivity index (χ0v) is 17.4. The molecular weight excluding hydrogens is 419 g/mol. The SMILES string of the molecule is CS(=O)(=O)c1ccc(CNC(=O)c2cnn(-c3ccc(F)cc3)c2-n2cccc2)cc1. The quantitative estimate of drug-likeness (QED) is 0.501. The van der Waals surface area contributed by atoms with E-state index in [1.54, 1.807) is 45.9 Å². The molecule has 9 heteroatoms. The summed E-state index contributed by atoms with van der Waals surface area (Å²) in [5.74, 6) is -0.191. The van der Waals surface area contributed by atoms with Crippen molar-refractivity contribution < 1.29 is 17.6 Å². The second-order valence-corrected chi connectivity index (χ2v) is 8.97. The van der Waals surface area contributed by atoms with Gasteiger partial charge in [-0.05, 0) is 54.1 Å². The van der Waals surface area contributed by atoms with Gasteiger partial charge in [-0.1, -0.05) is 12.1 Å². The third-order valence-electron chi connectivity index (χ3n) is 4.71. The van der Waals surface area contributed by atoms with Crippen LogP contribution in [0.25, 0.3) is 11.5 Å². The number of halogens is 1. The molecule has 0 bridgehead atoms. The van der Waals surface area contributed by atoms with Crippen LogP contribution in [0.4, 0.5) is 4.39 Å². The average molecular weight is 438 g/mol. The Labute approximate surface area is 178 Å². The summed E-state index contributed by atoms with van der Waals surface area (Å²) in [6.07, 6.45) is 6.18. The Morgan fingerprint density at radius 3 is 2.29 bits per heavy atom. The normalized spacial score (nSPS) is 11.4. The number of carbonyl (C=O) groups excluding carboxylic acids is 1. The Bertz CT molecular complexity index is 1310. The Morgan fingerprint density at radius 2 is 1.68 bits per heavy atom. The van der Waals surface area contributed by atoms with Crippen molar-refractivity contribution in [3.63, 3.8) is 0 Å². The van der Waals surface area contributed by atoms with Gasteiger partial charge in [0.15, 0.2) is 15.7 Å². The molecule has 31 heavy (non-hydrogen) atoms. The van der Waals surface area contributed by atoms with Crippen LogP contribution in [0, 0.1) is 5.82 Å². The molecule has 0 atom stereocenters. The van der Waals surface area contributed by atoms with E-state index in [-0.39, 0.29) is 23.2 Å². The molecule has 4 rings (SSSR count). The minimum absolute atomic E-state index is 0.218.